The molecule has 2 rings (SSSR count). The monoisotopic (exact) mass is 251 g/mol. The smallest absolute Gasteiger partial charge is 0.255 e. The summed E-state index contributed by atoms with van der Waals surface area (Å²) in [6, 6.07) is 4.81. The molecule has 1 aromatic heterocycles. The number of hydrogen-bond donors (Lipinski definition) is 2. The Bertz CT molecular complexity index is 528. The van der Waals surface area contributed by atoms with E-state index in [0.29, 0.717) is 16.5 Å². The Morgan fingerprint density at radius 3 is 3.00 bits per heavy atom. The number of nitrogen functional groups attached to an aromatic ring is 1. The first-order valence-electron chi connectivity index (χ1n) is 4.82. The molecule has 0 spiro atoms. The Labute approximate surface area is 102 Å². The molecule has 0 radical (unpaired) electrons. The molecular formula is C11H10FN3OS. The van der Waals surface area contributed by atoms with Gasteiger partial charge in [0.05, 0.1) is 11.8 Å². The first-order chi connectivity index (χ1) is 8.18. The summed E-state index contributed by atoms with van der Waals surface area (Å²) in [5, 5.41) is 7.73. The average Bonchev–Trinajstić information content (AvgIpc) is 2.80. The normalized spacial score (nSPS) is 10.4. The van der Waals surface area contributed by atoms with Crippen molar-refractivity contribution in [2.75, 3.05) is 0 Å². The van der Waals surface area contributed by atoms with E-state index in [2.05, 4.69) is 4.98 Å². The second kappa shape index (κ2) is 5.01. The van der Waals surface area contributed by atoms with E-state index in [1.54, 1.807) is 12.1 Å². The number of halogens is 1. The fraction of sp³-hybridized carbons (Fsp3) is 0.0909. The molecule has 17 heavy (non-hydrogen) atoms. The number of hydrogen-bond acceptors (Lipinski definition) is 4. The van der Waals surface area contributed by atoms with Gasteiger partial charge in [0.25, 0.3) is 5.22 Å². The maximum atomic E-state index is 13.9. The molecule has 0 bridgehead atoms. The largest absolute Gasteiger partial charge is 0.440 e. The summed E-state index contributed by atoms with van der Waals surface area (Å²) >= 11 is 1.29. The Balaban J connectivity index is 2.16. The van der Waals surface area contributed by atoms with Gasteiger partial charge in [-0.2, -0.15) is 0 Å². The fourth-order valence-corrected chi connectivity index (χ4v) is 2.08. The van der Waals surface area contributed by atoms with Gasteiger partial charge in [-0.1, -0.05) is 23.9 Å². The first kappa shape index (κ1) is 11.7. The first-order valence-corrected chi connectivity index (χ1v) is 5.81. The van der Waals surface area contributed by atoms with Crippen LogP contribution >= 0.6 is 11.8 Å². The number of rotatable bonds is 4. The van der Waals surface area contributed by atoms with Gasteiger partial charge in [-0.25, -0.2) is 9.37 Å². The van der Waals surface area contributed by atoms with Crippen molar-refractivity contribution in [3.63, 3.8) is 0 Å². The van der Waals surface area contributed by atoms with Crippen LogP contribution in [-0.2, 0) is 5.75 Å². The number of aromatic nitrogens is 1. The van der Waals surface area contributed by atoms with E-state index in [1.807, 2.05) is 0 Å². The lowest BCUT2D eigenvalue weighted by molar-refractivity contribution is 0.454. The van der Waals surface area contributed by atoms with Crippen LogP contribution in [-0.4, -0.2) is 10.8 Å². The molecule has 0 saturated carbocycles. The van der Waals surface area contributed by atoms with Gasteiger partial charge in [0, 0.05) is 5.75 Å². The number of oxazole rings is 1. The van der Waals surface area contributed by atoms with Gasteiger partial charge in [0.2, 0.25) is 0 Å². The van der Waals surface area contributed by atoms with Crippen molar-refractivity contribution < 1.29 is 8.81 Å². The van der Waals surface area contributed by atoms with E-state index in [1.165, 1.54) is 30.3 Å². The zero-order valence-electron chi connectivity index (χ0n) is 8.81. The van der Waals surface area contributed by atoms with E-state index in [4.69, 9.17) is 15.6 Å². The Morgan fingerprint density at radius 2 is 2.35 bits per heavy atom. The Kier molecular flexibility index (Phi) is 3.43. The predicted molar refractivity (Wildman–Crippen MR) is 63.5 cm³/mol. The van der Waals surface area contributed by atoms with Crippen LogP contribution in [0.25, 0.3) is 0 Å². The molecule has 88 valence electrons. The molecule has 0 saturated heterocycles. The summed E-state index contributed by atoms with van der Waals surface area (Å²) in [7, 11) is 0. The zero-order valence-corrected chi connectivity index (χ0v) is 9.63. The second-order valence-electron chi connectivity index (χ2n) is 3.28. The highest BCUT2D eigenvalue weighted by atomic mass is 32.2. The molecule has 1 aromatic carbocycles. The summed E-state index contributed by atoms with van der Waals surface area (Å²) < 4.78 is 18.9. The number of thioether (sulfide) groups is 1. The van der Waals surface area contributed by atoms with Crippen molar-refractivity contribution >= 4 is 17.6 Å². The summed E-state index contributed by atoms with van der Waals surface area (Å²) in [5.41, 5.74) is 5.87. The highest BCUT2D eigenvalue weighted by molar-refractivity contribution is 7.98. The summed E-state index contributed by atoms with van der Waals surface area (Å²) in [4.78, 5) is 3.93. The molecule has 6 heteroatoms. The number of nitrogens with two attached hydrogens (primary N) is 1. The summed E-state index contributed by atoms with van der Waals surface area (Å²) in [6.45, 7) is 0. The summed E-state index contributed by atoms with van der Waals surface area (Å²) in [6.07, 6.45) is 3.00. The number of nitrogens with zero attached hydrogens (tertiary/aromatic N) is 1. The van der Waals surface area contributed by atoms with E-state index >= 15 is 0 Å². The van der Waals surface area contributed by atoms with E-state index in [-0.39, 0.29) is 11.4 Å². The third kappa shape index (κ3) is 2.65. The maximum absolute atomic E-state index is 13.9. The third-order valence-corrected chi connectivity index (χ3v) is 3.03. The summed E-state index contributed by atoms with van der Waals surface area (Å²) in [5.74, 6) is -0.350. The van der Waals surface area contributed by atoms with Crippen LogP contribution in [0, 0.1) is 11.2 Å². The van der Waals surface area contributed by atoms with Gasteiger partial charge in [0.15, 0.2) is 0 Å². The lowest BCUT2D eigenvalue weighted by atomic mass is 10.1. The van der Waals surface area contributed by atoms with Crippen molar-refractivity contribution in [2.45, 2.75) is 11.0 Å². The van der Waals surface area contributed by atoms with E-state index < -0.39 is 5.82 Å². The number of benzene rings is 1. The third-order valence-electron chi connectivity index (χ3n) is 2.13. The molecule has 0 aliphatic carbocycles. The van der Waals surface area contributed by atoms with Crippen LogP contribution in [0.5, 0.6) is 0 Å². The van der Waals surface area contributed by atoms with Crippen LogP contribution in [0.2, 0.25) is 0 Å². The van der Waals surface area contributed by atoms with Gasteiger partial charge >= 0.3 is 0 Å². The van der Waals surface area contributed by atoms with Crippen molar-refractivity contribution in [1.29, 1.82) is 5.41 Å². The standard InChI is InChI=1S/C11H10FN3OS/c12-9-7(2-1-3-8(9)10(13)14)6-17-11-15-4-5-16-11/h1-5H,6H2,(H3,13,14). The van der Waals surface area contributed by atoms with E-state index in [0.717, 1.165) is 0 Å². The molecule has 0 atom stereocenters. The molecule has 0 fully saturated rings. The topological polar surface area (TPSA) is 75.9 Å². The van der Waals surface area contributed by atoms with Crippen LogP contribution in [0.1, 0.15) is 11.1 Å². The van der Waals surface area contributed by atoms with Gasteiger partial charge in [-0.15, -0.1) is 0 Å². The van der Waals surface area contributed by atoms with Crippen LogP contribution in [0.3, 0.4) is 0 Å². The van der Waals surface area contributed by atoms with Crippen molar-refractivity contribution in [3.05, 3.63) is 47.6 Å². The molecule has 0 amide bonds. The molecule has 4 nitrogen and oxygen atoms in total. The number of nitrogens with one attached hydrogen (secondary N) is 1. The highest BCUT2D eigenvalue weighted by Crippen LogP contribution is 2.23. The average molecular weight is 251 g/mol. The van der Waals surface area contributed by atoms with Crippen molar-refractivity contribution in [3.8, 4) is 0 Å². The van der Waals surface area contributed by atoms with Gasteiger partial charge in [-0.3, -0.25) is 5.41 Å². The molecule has 0 aliphatic rings. The van der Waals surface area contributed by atoms with Crippen LogP contribution in [0.4, 0.5) is 4.39 Å². The lowest BCUT2D eigenvalue weighted by Crippen LogP contribution is -2.14. The molecule has 2 aromatic rings. The van der Waals surface area contributed by atoms with Gasteiger partial charge < -0.3 is 10.2 Å². The predicted octanol–water partition coefficient (Wildman–Crippen LogP) is 2.39. The molecule has 0 aliphatic heterocycles. The van der Waals surface area contributed by atoms with Crippen molar-refractivity contribution in [1.82, 2.24) is 4.98 Å². The van der Waals surface area contributed by atoms with Crippen LogP contribution in [0.15, 0.2) is 40.3 Å². The second-order valence-corrected chi connectivity index (χ2v) is 4.21. The molecular weight excluding hydrogens is 241 g/mol. The molecule has 1 heterocycles. The van der Waals surface area contributed by atoms with Gasteiger partial charge in [-0.05, 0) is 11.6 Å². The number of amidine groups is 1. The SMILES string of the molecule is N=C(N)c1cccc(CSc2ncco2)c1F. The molecule has 3 N–H and O–H groups in total. The lowest BCUT2D eigenvalue weighted by Gasteiger charge is -2.05. The zero-order chi connectivity index (χ0) is 12.3. The fourth-order valence-electron chi connectivity index (χ4n) is 1.32. The van der Waals surface area contributed by atoms with E-state index in [9.17, 15) is 4.39 Å². The molecule has 0 unspecified atom stereocenters. The minimum absolute atomic E-state index is 0.121. The van der Waals surface area contributed by atoms with Crippen molar-refractivity contribution in [2.24, 2.45) is 5.73 Å². The minimum atomic E-state index is -0.459. The quantitative estimate of drug-likeness (QED) is 0.497. The maximum Gasteiger partial charge on any atom is 0.255 e. The highest BCUT2D eigenvalue weighted by Gasteiger charge is 2.11. The Morgan fingerprint density at radius 1 is 1.53 bits per heavy atom. The minimum Gasteiger partial charge on any atom is -0.440 e. The van der Waals surface area contributed by atoms with Gasteiger partial charge in [0.1, 0.15) is 17.9 Å². The Hall–Kier alpha value is -1.82. The van der Waals surface area contributed by atoms with Crippen LogP contribution < -0.4 is 5.73 Å².